The van der Waals surface area contributed by atoms with Gasteiger partial charge in [0.15, 0.2) is 0 Å². The predicted molar refractivity (Wildman–Crippen MR) is 76.8 cm³/mol. The fraction of sp³-hybridized carbons (Fsp3) is 0.625. The van der Waals surface area contributed by atoms with Gasteiger partial charge in [0.25, 0.3) is 0 Å². The molecule has 1 aliphatic heterocycles. The molecule has 19 heavy (non-hydrogen) atoms. The Labute approximate surface area is 114 Å². The van der Waals surface area contributed by atoms with E-state index in [1.165, 1.54) is 19.3 Å². The lowest BCUT2D eigenvalue weighted by atomic mass is 9.77. The quantitative estimate of drug-likeness (QED) is 0.883. The van der Waals surface area contributed by atoms with Crippen LogP contribution in [-0.4, -0.2) is 13.1 Å². The zero-order chi connectivity index (χ0) is 13.3. The van der Waals surface area contributed by atoms with E-state index in [1.807, 2.05) is 12.1 Å². The molecule has 2 nitrogen and oxygen atoms in total. The summed E-state index contributed by atoms with van der Waals surface area (Å²) in [4.78, 5) is 2.14. The molecule has 0 atom stereocenters. The standard InChI is InChI=1S/C16H23FN2/c17-14-12-13(16(18)8-2-1-3-9-16)6-7-15(14)19-10-4-5-11-19/h6-7,12H,1-5,8-11,18H2. The predicted octanol–water partition coefficient (Wildman–Crippen LogP) is 3.54. The Morgan fingerprint density at radius 1 is 1.00 bits per heavy atom. The second-order valence-corrected chi connectivity index (χ2v) is 6.08. The molecule has 2 fully saturated rings. The van der Waals surface area contributed by atoms with Crippen LogP contribution in [0, 0.1) is 5.82 Å². The van der Waals surface area contributed by atoms with Crippen molar-refractivity contribution in [1.29, 1.82) is 0 Å². The Morgan fingerprint density at radius 2 is 1.68 bits per heavy atom. The first-order valence-corrected chi connectivity index (χ1v) is 7.53. The number of benzene rings is 1. The van der Waals surface area contributed by atoms with Gasteiger partial charge in [-0.2, -0.15) is 0 Å². The first kappa shape index (κ1) is 12.9. The Morgan fingerprint density at radius 3 is 2.32 bits per heavy atom. The van der Waals surface area contributed by atoms with Gasteiger partial charge in [0.1, 0.15) is 5.82 Å². The summed E-state index contributed by atoms with van der Waals surface area (Å²) in [5.41, 5.74) is 7.90. The molecule has 1 heterocycles. The van der Waals surface area contributed by atoms with E-state index >= 15 is 0 Å². The van der Waals surface area contributed by atoms with Crippen molar-refractivity contribution in [2.45, 2.75) is 50.5 Å². The SMILES string of the molecule is NC1(c2ccc(N3CCCC3)c(F)c2)CCCCC1. The Hall–Kier alpha value is -1.09. The third-order valence-electron chi connectivity index (χ3n) is 4.72. The van der Waals surface area contributed by atoms with Crippen LogP contribution in [0.25, 0.3) is 0 Å². The van der Waals surface area contributed by atoms with Crippen molar-refractivity contribution in [3.8, 4) is 0 Å². The molecule has 3 rings (SSSR count). The molecule has 0 bridgehead atoms. The van der Waals surface area contributed by atoms with Crippen LogP contribution in [0.3, 0.4) is 0 Å². The summed E-state index contributed by atoms with van der Waals surface area (Å²) in [7, 11) is 0. The molecule has 1 saturated carbocycles. The van der Waals surface area contributed by atoms with Gasteiger partial charge in [-0.05, 0) is 43.4 Å². The number of hydrogen-bond donors (Lipinski definition) is 1. The lowest BCUT2D eigenvalue weighted by molar-refractivity contribution is 0.301. The molecule has 1 aliphatic carbocycles. The zero-order valence-corrected chi connectivity index (χ0v) is 11.5. The van der Waals surface area contributed by atoms with Crippen LogP contribution < -0.4 is 10.6 Å². The highest BCUT2D eigenvalue weighted by Crippen LogP contribution is 2.36. The molecular weight excluding hydrogens is 239 g/mol. The Bertz CT molecular complexity index is 446. The summed E-state index contributed by atoms with van der Waals surface area (Å²) in [6.07, 6.45) is 7.88. The van der Waals surface area contributed by atoms with Gasteiger partial charge in [-0.25, -0.2) is 4.39 Å². The highest BCUT2D eigenvalue weighted by molar-refractivity contribution is 5.50. The van der Waals surface area contributed by atoms with E-state index in [0.29, 0.717) is 0 Å². The van der Waals surface area contributed by atoms with Crippen molar-refractivity contribution in [2.75, 3.05) is 18.0 Å². The molecule has 0 radical (unpaired) electrons. The largest absolute Gasteiger partial charge is 0.369 e. The van der Waals surface area contributed by atoms with Gasteiger partial charge >= 0.3 is 0 Å². The van der Waals surface area contributed by atoms with Gasteiger partial charge in [-0.15, -0.1) is 0 Å². The molecule has 0 aromatic heterocycles. The smallest absolute Gasteiger partial charge is 0.146 e. The van der Waals surface area contributed by atoms with Gasteiger partial charge in [0.2, 0.25) is 0 Å². The van der Waals surface area contributed by atoms with Gasteiger partial charge in [0, 0.05) is 18.6 Å². The van der Waals surface area contributed by atoms with Crippen LogP contribution >= 0.6 is 0 Å². The van der Waals surface area contributed by atoms with Crippen LogP contribution in [0.2, 0.25) is 0 Å². The van der Waals surface area contributed by atoms with E-state index in [2.05, 4.69) is 4.90 Å². The fourth-order valence-electron chi connectivity index (χ4n) is 3.50. The normalized spacial score (nSPS) is 22.7. The highest BCUT2D eigenvalue weighted by atomic mass is 19.1. The average molecular weight is 262 g/mol. The second-order valence-electron chi connectivity index (χ2n) is 6.08. The third-order valence-corrected chi connectivity index (χ3v) is 4.72. The monoisotopic (exact) mass is 262 g/mol. The van der Waals surface area contributed by atoms with E-state index in [-0.39, 0.29) is 11.4 Å². The first-order chi connectivity index (χ1) is 9.19. The van der Waals surface area contributed by atoms with Crippen molar-refractivity contribution in [3.63, 3.8) is 0 Å². The number of rotatable bonds is 2. The fourth-order valence-corrected chi connectivity index (χ4v) is 3.50. The van der Waals surface area contributed by atoms with Crippen LogP contribution in [0.5, 0.6) is 0 Å². The van der Waals surface area contributed by atoms with Gasteiger partial charge in [-0.1, -0.05) is 25.3 Å². The average Bonchev–Trinajstić information content (AvgIpc) is 2.93. The third kappa shape index (κ3) is 2.48. The minimum Gasteiger partial charge on any atom is -0.369 e. The van der Waals surface area contributed by atoms with E-state index < -0.39 is 0 Å². The molecule has 1 aromatic rings. The summed E-state index contributed by atoms with van der Waals surface area (Å²) in [6.45, 7) is 1.95. The van der Waals surface area contributed by atoms with Crippen molar-refractivity contribution in [2.24, 2.45) is 5.73 Å². The molecule has 2 aliphatic rings. The van der Waals surface area contributed by atoms with E-state index in [1.54, 1.807) is 6.07 Å². The van der Waals surface area contributed by atoms with Gasteiger partial charge in [-0.3, -0.25) is 0 Å². The van der Waals surface area contributed by atoms with E-state index in [0.717, 1.165) is 50.0 Å². The van der Waals surface area contributed by atoms with Crippen LogP contribution in [-0.2, 0) is 5.54 Å². The minimum atomic E-state index is -0.303. The second kappa shape index (κ2) is 5.12. The summed E-state index contributed by atoms with van der Waals surface area (Å²) >= 11 is 0. The molecule has 0 spiro atoms. The van der Waals surface area contributed by atoms with Crippen molar-refractivity contribution >= 4 is 5.69 Å². The topological polar surface area (TPSA) is 29.3 Å². The Balaban J connectivity index is 1.86. The number of nitrogens with two attached hydrogens (primary N) is 1. The summed E-state index contributed by atoms with van der Waals surface area (Å²) in [5, 5.41) is 0. The van der Waals surface area contributed by atoms with Gasteiger partial charge < -0.3 is 10.6 Å². The lowest BCUT2D eigenvalue weighted by Crippen LogP contribution is -2.38. The lowest BCUT2D eigenvalue weighted by Gasteiger charge is -2.34. The molecule has 104 valence electrons. The highest BCUT2D eigenvalue weighted by Gasteiger charge is 2.30. The number of halogens is 1. The summed E-state index contributed by atoms with van der Waals surface area (Å²) < 4.78 is 14.3. The first-order valence-electron chi connectivity index (χ1n) is 7.53. The molecular formula is C16H23FN2. The number of nitrogens with zero attached hydrogens (tertiary/aromatic N) is 1. The van der Waals surface area contributed by atoms with Crippen molar-refractivity contribution in [1.82, 2.24) is 0 Å². The summed E-state index contributed by atoms with van der Waals surface area (Å²) in [5.74, 6) is -0.102. The molecule has 0 amide bonds. The molecule has 0 unspecified atom stereocenters. The van der Waals surface area contributed by atoms with E-state index in [4.69, 9.17) is 5.73 Å². The number of hydrogen-bond acceptors (Lipinski definition) is 2. The molecule has 2 N–H and O–H groups in total. The molecule has 3 heteroatoms. The zero-order valence-electron chi connectivity index (χ0n) is 11.5. The molecule has 1 aromatic carbocycles. The van der Waals surface area contributed by atoms with Crippen LogP contribution in [0.1, 0.15) is 50.5 Å². The maximum Gasteiger partial charge on any atom is 0.146 e. The van der Waals surface area contributed by atoms with E-state index in [9.17, 15) is 4.39 Å². The Kier molecular flexibility index (Phi) is 3.48. The summed E-state index contributed by atoms with van der Waals surface area (Å²) in [6, 6.07) is 5.65. The van der Waals surface area contributed by atoms with Crippen LogP contribution in [0.15, 0.2) is 18.2 Å². The van der Waals surface area contributed by atoms with Gasteiger partial charge in [0.05, 0.1) is 5.69 Å². The number of anilines is 1. The van der Waals surface area contributed by atoms with Crippen molar-refractivity contribution < 1.29 is 4.39 Å². The van der Waals surface area contributed by atoms with Crippen LogP contribution in [0.4, 0.5) is 10.1 Å². The minimum absolute atomic E-state index is 0.102. The maximum atomic E-state index is 14.3. The van der Waals surface area contributed by atoms with Crippen molar-refractivity contribution in [3.05, 3.63) is 29.6 Å². The molecule has 1 saturated heterocycles. The maximum absolute atomic E-state index is 14.3.